The summed E-state index contributed by atoms with van der Waals surface area (Å²) in [6.07, 6.45) is 11.6. The molecule has 1 aromatic rings. The van der Waals surface area contributed by atoms with Gasteiger partial charge in [0.05, 0.1) is 5.92 Å². The van der Waals surface area contributed by atoms with E-state index in [1.807, 2.05) is 11.2 Å². The van der Waals surface area contributed by atoms with E-state index in [1.165, 1.54) is 37.4 Å². The maximum absolute atomic E-state index is 15.6. The molecule has 3 aliphatic rings. The van der Waals surface area contributed by atoms with Gasteiger partial charge in [-0.1, -0.05) is 56.7 Å². The van der Waals surface area contributed by atoms with Crippen molar-refractivity contribution in [3.8, 4) is 0 Å². The minimum Gasteiger partial charge on any atom is -0.465 e. The smallest absolute Gasteiger partial charge is 0.404 e. The molecule has 9 nitrogen and oxygen atoms in total. The van der Waals surface area contributed by atoms with Gasteiger partial charge in [0.25, 0.3) is 0 Å². The highest BCUT2D eigenvalue weighted by molar-refractivity contribution is 7.98. The summed E-state index contributed by atoms with van der Waals surface area (Å²) >= 11 is 1.32. The Kier molecular flexibility index (Phi) is 8.91. The van der Waals surface area contributed by atoms with Crippen LogP contribution in [0.1, 0.15) is 64.2 Å². The number of hydrogen-bond acceptors (Lipinski definition) is 7. The number of nitrogens with zero attached hydrogens (tertiary/aromatic N) is 3. The van der Waals surface area contributed by atoms with E-state index in [-0.39, 0.29) is 24.1 Å². The first-order valence-corrected chi connectivity index (χ1v) is 14.1. The summed E-state index contributed by atoms with van der Waals surface area (Å²) in [4.78, 5) is 34.7. The highest BCUT2D eigenvalue weighted by Crippen LogP contribution is 2.38. The first kappa shape index (κ1) is 25.8. The number of hydrogen-bond donors (Lipinski definition) is 4. The fraction of sp³-hybridized carbons (Fsp3) is 0.750. The highest BCUT2D eigenvalue weighted by atomic mass is 32.2. The van der Waals surface area contributed by atoms with Crippen molar-refractivity contribution >= 4 is 35.4 Å². The number of fused-ring (bicyclic) bond motifs is 1. The number of halogens is 1. The standard InChI is InChI=1S/C24H37FN6O3S/c1-35-23-27-20(19(25)21(28-23)31-11-10-16-8-4-5-9-17(16)14-31)29-30-22(32)18(13-26-24(33)34)12-15-6-2-3-7-15/h15-18,26H,2-14H2,1H3,(H,30,32)(H,33,34)(H,27,28,29)/t16?,17?,18-/m1/s1. The van der Waals surface area contributed by atoms with Crippen molar-refractivity contribution in [3.63, 3.8) is 0 Å². The Labute approximate surface area is 210 Å². The number of carbonyl (C=O) groups excluding carboxylic acids is 1. The highest BCUT2D eigenvalue weighted by Gasteiger charge is 2.33. The molecule has 35 heavy (non-hydrogen) atoms. The molecule has 0 radical (unpaired) electrons. The van der Waals surface area contributed by atoms with Crippen LogP contribution in [0.5, 0.6) is 0 Å². The van der Waals surface area contributed by atoms with Gasteiger partial charge in [0, 0.05) is 19.6 Å². The summed E-state index contributed by atoms with van der Waals surface area (Å²) in [5.74, 6) is 0.402. The molecular weight excluding hydrogens is 471 g/mol. The van der Waals surface area contributed by atoms with Crippen molar-refractivity contribution in [1.29, 1.82) is 0 Å². The van der Waals surface area contributed by atoms with E-state index in [0.717, 1.165) is 51.1 Å². The summed E-state index contributed by atoms with van der Waals surface area (Å²) in [5.41, 5.74) is 5.26. The van der Waals surface area contributed by atoms with Crippen LogP contribution in [0.2, 0.25) is 0 Å². The number of nitrogens with one attached hydrogen (secondary N) is 3. The molecule has 1 saturated heterocycles. The van der Waals surface area contributed by atoms with Crippen molar-refractivity contribution in [2.24, 2.45) is 23.7 Å². The Balaban J connectivity index is 1.44. The monoisotopic (exact) mass is 508 g/mol. The van der Waals surface area contributed by atoms with Crippen LogP contribution >= 0.6 is 11.8 Å². The van der Waals surface area contributed by atoms with Crippen molar-refractivity contribution in [1.82, 2.24) is 20.7 Å². The van der Waals surface area contributed by atoms with Crippen LogP contribution in [0, 0.1) is 29.5 Å². The van der Waals surface area contributed by atoms with E-state index in [4.69, 9.17) is 5.11 Å². The SMILES string of the molecule is CSc1nc(NNC(=O)[C@@H](CNC(=O)O)CC2CCCC2)c(F)c(N2CCC3CCCCC3C2)n1. The molecule has 4 N–H and O–H groups in total. The van der Waals surface area contributed by atoms with Gasteiger partial charge in [-0.15, -0.1) is 0 Å². The van der Waals surface area contributed by atoms with Crippen LogP contribution in [-0.2, 0) is 4.79 Å². The average molecular weight is 509 g/mol. The number of hydrazine groups is 1. The lowest BCUT2D eigenvalue weighted by Gasteiger charge is -2.41. The van der Waals surface area contributed by atoms with Crippen LogP contribution in [0.4, 0.5) is 20.8 Å². The zero-order valence-electron chi connectivity index (χ0n) is 20.4. The Hall–Kier alpha value is -2.30. The predicted octanol–water partition coefficient (Wildman–Crippen LogP) is 4.26. The van der Waals surface area contributed by atoms with Crippen LogP contribution in [-0.4, -0.2) is 53.0 Å². The zero-order valence-corrected chi connectivity index (χ0v) is 21.2. The Morgan fingerprint density at radius 1 is 1.11 bits per heavy atom. The van der Waals surface area contributed by atoms with Crippen LogP contribution < -0.4 is 21.1 Å². The normalized spacial score (nSPS) is 23.4. The van der Waals surface area contributed by atoms with E-state index < -0.39 is 17.8 Å². The summed E-state index contributed by atoms with van der Waals surface area (Å²) in [7, 11) is 0. The van der Waals surface area contributed by atoms with Gasteiger partial charge in [0.2, 0.25) is 11.7 Å². The molecule has 3 fully saturated rings. The minimum absolute atomic E-state index is 0.0171. The third-order valence-corrected chi connectivity index (χ3v) is 8.40. The molecule has 0 aromatic carbocycles. The second-order valence-electron chi connectivity index (χ2n) is 10.1. The number of carbonyl (C=O) groups is 2. The molecule has 0 spiro atoms. The largest absolute Gasteiger partial charge is 0.465 e. The molecule has 2 heterocycles. The molecule has 3 atom stereocenters. The molecule has 0 bridgehead atoms. The third kappa shape index (κ3) is 6.68. The Morgan fingerprint density at radius 2 is 1.83 bits per heavy atom. The number of aromatic nitrogens is 2. The topological polar surface area (TPSA) is 119 Å². The van der Waals surface area contributed by atoms with Gasteiger partial charge >= 0.3 is 6.09 Å². The molecule has 2 aliphatic carbocycles. The van der Waals surface area contributed by atoms with Gasteiger partial charge < -0.3 is 15.3 Å². The first-order valence-electron chi connectivity index (χ1n) is 12.8. The number of carboxylic acid groups (broad SMARTS) is 1. The van der Waals surface area contributed by atoms with E-state index in [2.05, 4.69) is 26.1 Å². The van der Waals surface area contributed by atoms with Gasteiger partial charge in [-0.2, -0.15) is 4.39 Å². The van der Waals surface area contributed by atoms with Gasteiger partial charge in [-0.25, -0.2) is 14.8 Å². The number of anilines is 2. The van der Waals surface area contributed by atoms with Crippen LogP contribution in [0.25, 0.3) is 0 Å². The average Bonchev–Trinajstić information content (AvgIpc) is 3.38. The molecule has 4 rings (SSSR count). The quantitative estimate of drug-likeness (QED) is 0.222. The maximum atomic E-state index is 15.6. The second-order valence-corrected chi connectivity index (χ2v) is 10.9. The fourth-order valence-electron chi connectivity index (χ4n) is 5.96. The van der Waals surface area contributed by atoms with E-state index >= 15 is 4.39 Å². The Morgan fingerprint density at radius 3 is 2.54 bits per heavy atom. The summed E-state index contributed by atoms with van der Waals surface area (Å²) in [6.45, 7) is 1.57. The molecule has 2 unspecified atom stereocenters. The number of piperidine rings is 1. The van der Waals surface area contributed by atoms with Crippen molar-refractivity contribution in [2.75, 3.05) is 36.2 Å². The zero-order chi connectivity index (χ0) is 24.8. The summed E-state index contributed by atoms with van der Waals surface area (Å²) in [6, 6.07) is 0. The summed E-state index contributed by atoms with van der Waals surface area (Å²) < 4.78 is 15.6. The van der Waals surface area contributed by atoms with Gasteiger partial charge in [0.1, 0.15) is 0 Å². The van der Waals surface area contributed by atoms with Crippen LogP contribution in [0.3, 0.4) is 0 Å². The summed E-state index contributed by atoms with van der Waals surface area (Å²) in [5, 5.41) is 11.8. The Bertz CT molecular complexity index is 900. The molecule has 11 heteroatoms. The second kappa shape index (κ2) is 12.1. The fourth-order valence-corrected chi connectivity index (χ4v) is 6.32. The lowest BCUT2D eigenvalue weighted by molar-refractivity contribution is -0.124. The van der Waals surface area contributed by atoms with Gasteiger partial charge in [0.15, 0.2) is 16.8 Å². The lowest BCUT2D eigenvalue weighted by Crippen LogP contribution is -2.43. The minimum atomic E-state index is -1.17. The van der Waals surface area contributed by atoms with E-state index in [9.17, 15) is 9.59 Å². The first-order chi connectivity index (χ1) is 16.9. The number of thioether (sulfide) groups is 1. The van der Waals surface area contributed by atoms with Crippen molar-refractivity contribution < 1.29 is 19.1 Å². The molecule has 194 valence electrons. The van der Waals surface area contributed by atoms with Crippen molar-refractivity contribution in [2.45, 2.75) is 69.4 Å². The number of rotatable bonds is 9. The third-order valence-electron chi connectivity index (χ3n) is 7.85. The van der Waals surface area contributed by atoms with E-state index in [1.54, 1.807) is 0 Å². The van der Waals surface area contributed by atoms with Crippen LogP contribution in [0.15, 0.2) is 5.16 Å². The molecule has 2 amide bonds. The predicted molar refractivity (Wildman–Crippen MR) is 134 cm³/mol. The molecule has 1 aromatic heterocycles. The maximum Gasteiger partial charge on any atom is 0.404 e. The van der Waals surface area contributed by atoms with Crippen molar-refractivity contribution in [3.05, 3.63) is 5.82 Å². The number of amides is 2. The lowest BCUT2D eigenvalue weighted by atomic mass is 9.75. The van der Waals surface area contributed by atoms with E-state index in [0.29, 0.717) is 23.4 Å². The van der Waals surface area contributed by atoms with Gasteiger partial charge in [-0.3, -0.25) is 15.6 Å². The molecular formula is C24H37FN6O3S. The van der Waals surface area contributed by atoms with Gasteiger partial charge in [-0.05, 0) is 43.3 Å². The molecule has 2 saturated carbocycles. The molecule has 1 aliphatic heterocycles.